The Morgan fingerprint density at radius 3 is 2.53 bits per heavy atom. The fourth-order valence-electron chi connectivity index (χ4n) is 3.57. The van der Waals surface area contributed by atoms with Crippen molar-refractivity contribution in [3.05, 3.63) is 90.3 Å². The summed E-state index contributed by atoms with van der Waals surface area (Å²) < 4.78 is 2.03. The zero-order valence-electron chi connectivity index (χ0n) is 17.7. The molecule has 7 heteroatoms. The van der Waals surface area contributed by atoms with Crippen molar-refractivity contribution in [3.63, 3.8) is 0 Å². The van der Waals surface area contributed by atoms with Crippen LogP contribution in [-0.4, -0.2) is 31.7 Å². The lowest BCUT2D eigenvalue weighted by Crippen LogP contribution is -2.30. The summed E-state index contributed by atoms with van der Waals surface area (Å²) in [4.78, 5) is 17.4. The van der Waals surface area contributed by atoms with Crippen molar-refractivity contribution in [1.29, 1.82) is 0 Å². The molecule has 160 valence electrons. The molecule has 1 aliphatic carbocycles. The summed E-state index contributed by atoms with van der Waals surface area (Å²) in [6.45, 7) is 2.06. The molecule has 0 saturated heterocycles. The Kier molecular flexibility index (Phi) is 5.73. The van der Waals surface area contributed by atoms with Gasteiger partial charge in [-0.3, -0.25) is 14.3 Å². The molecule has 1 N–H and O–H groups in total. The van der Waals surface area contributed by atoms with E-state index < -0.39 is 5.25 Å². The lowest BCUT2D eigenvalue weighted by Gasteiger charge is -2.18. The Hall–Kier alpha value is -3.45. The monoisotopic (exact) mass is 441 g/mol. The second kappa shape index (κ2) is 8.96. The van der Waals surface area contributed by atoms with Gasteiger partial charge in [-0.05, 0) is 49.1 Å². The van der Waals surface area contributed by atoms with E-state index in [1.165, 1.54) is 11.8 Å². The van der Waals surface area contributed by atoms with Crippen LogP contribution in [0.1, 0.15) is 29.2 Å². The van der Waals surface area contributed by atoms with Gasteiger partial charge in [-0.15, -0.1) is 10.2 Å². The predicted octanol–water partition coefficient (Wildman–Crippen LogP) is 4.75. The molecule has 0 bridgehead atoms. The molecule has 0 unspecified atom stereocenters. The van der Waals surface area contributed by atoms with Crippen molar-refractivity contribution in [2.45, 2.75) is 36.2 Å². The molecule has 0 aliphatic heterocycles. The molecule has 1 fully saturated rings. The molecule has 2 aromatic heterocycles. The maximum absolute atomic E-state index is 13.2. The van der Waals surface area contributed by atoms with Crippen molar-refractivity contribution in [2.75, 3.05) is 0 Å². The third-order valence-corrected chi connectivity index (χ3v) is 6.59. The number of carbonyl (C=O) groups excluding carboxylic acids is 1. The van der Waals surface area contributed by atoms with Crippen molar-refractivity contribution in [1.82, 2.24) is 25.1 Å². The van der Waals surface area contributed by atoms with E-state index in [1.807, 2.05) is 65.2 Å². The van der Waals surface area contributed by atoms with E-state index in [4.69, 9.17) is 0 Å². The van der Waals surface area contributed by atoms with Gasteiger partial charge >= 0.3 is 0 Å². The number of para-hydroxylation sites is 1. The minimum Gasteiger partial charge on any atom is -0.352 e. The molecule has 32 heavy (non-hydrogen) atoms. The molecule has 0 radical (unpaired) electrons. The van der Waals surface area contributed by atoms with Gasteiger partial charge in [-0.1, -0.05) is 60.3 Å². The van der Waals surface area contributed by atoms with Gasteiger partial charge in [0.25, 0.3) is 0 Å². The number of carbonyl (C=O) groups is 1. The molecule has 2 heterocycles. The highest BCUT2D eigenvalue weighted by atomic mass is 32.2. The van der Waals surface area contributed by atoms with Gasteiger partial charge in [-0.25, -0.2) is 0 Å². The summed E-state index contributed by atoms with van der Waals surface area (Å²) in [6.07, 6.45) is 5.61. The maximum Gasteiger partial charge on any atom is 0.238 e. The van der Waals surface area contributed by atoms with E-state index in [9.17, 15) is 4.79 Å². The smallest absolute Gasteiger partial charge is 0.238 e. The minimum absolute atomic E-state index is 0.00552. The highest BCUT2D eigenvalue weighted by molar-refractivity contribution is 8.00. The fourth-order valence-corrected chi connectivity index (χ4v) is 4.63. The molecular formula is C25H23N5OS. The second-order valence-corrected chi connectivity index (χ2v) is 8.93. The summed E-state index contributed by atoms with van der Waals surface area (Å²) >= 11 is 1.42. The molecule has 1 aliphatic rings. The maximum atomic E-state index is 13.2. The van der Waals surface area contributed by atoms with Gasteiger partial charge in [0.1, 0.15) is 5.25 Å². The highest BCUT2D eigenvalue weighted by Gasteiger charge is 2.31. The highest BCUT2D eigenvalue weighted by Crippen LogP contribution is 2.38. The third-order valence-electron chi connectivity index (χ3n) is 5.40. The third kappa shape index (κ3) is 4.29. The van der Waals surface area contributed by atoms with E-state index >= 15 is 0 Å². The molecule has 1 atom stereocenters. The number of hydrogen-bond acceptors (Lipinski definition) is 5. The van der Waals surface area contributed by atoms with Crippen LogP contribution >= 0.6 is 11.8 Å². The summed E-state index contributed by atoms with van der Waals surface area (Å²) in [5.41, 5.74) is 3.89. The first-order valence-electron chi connectivity index (χ1n) is 10.6. The van der Waals surface area contributed by atoms with Crippen molar-refractivity contribution >= 4 is 17.7 Å². The molecule has 1 amide bonds. The van der Waals surface area contributed by atoms with Crippen LogP contribution in [0.15, 0.2) is 84.3 Å². The van der Waals surface area contributed by atoms with Crippen LogP contribution in [0.2, 0.25) is 0 Å². The Balaban J connectivity index is 1.59. The van der Waals surface area contributed by atoms with Crippen LogP contribution in [0.4, 0.5) is 0 Å². The van der Waals surface area contributed by atoms with Gasteiger partial charge in [0, 0.05) is 24.0 Å². The van der Waals surface area contributed by atoms with E-state index in [1.54, 1.807) is 12.4 Å². The zero-order valence-corrected chi connectivity index (χ0v) is 18.5. The zero-order chi connectivity index (χ0) is 21.9. The Bertz CT molecular complexity index is 1220. The Labute approximate surface area is 191 Å². The average Bonchev–Trinajstić information content (AvgIpc) is 3.55. The second-order valence-electron chi connectivity index (χ2n) is 7.86. The van der Waals surface area contributed by atoms with Crippen molar-refractivity contribution in [3.8, 4) is 17.1 Å². The van der Waals surface area contributed by atoms with Crippen LogP contribution in [0.5, 0.6) is 0 Å². The van der Waals surface area contributed by atoms with Crippen LogP contribution in [0, 0.1) is 6.92 Å². The molecule has 2 aromatic carbocycles. The van der Waals surface area contributed by atoms with E-state index in [0.29, 0.717) is 11.0 Å². The van der Waals surface area contributed by atoms with Crippen LogP contribution < -0.4 is 5.32 Å². The van der Waals surface area contributed by atoms with Gasteiger partial charge < -0.3 is 5.32 Å². The predicted molar refractivity (Wildman–Crippen MR) is 126 cm³/mol. The lowest BCUT2D eigenvalue weighted by atomic mass is 10.1. The molecule has 5 rings (SSSR count). The fraction of sp³-hybridized carbons (Fsp3) is 0.200. The number of aromatic nitrogens is 4. The van der Waals surface area contributed by atoms with Crippen LogP contribution in [-0.2, 0) is 4.79 Å². The summed E-state index contributed by atoms with van der Waals surface area (Å²) in [5, 5.41) is 12.4. The summed E-state index contributed by atoms with van der Waals surface area (Å²) in [5.74, 6) is 0.704. The van der Waals surface area contributed by atoms with Gasteiger partial charge in [0.05, 0.1) is 5.69 Å². The molecular weight excluding hydrogens is 418 g/mol. The van der Waals surface area contributed by atoms with Crippen LogP contribution in [0.25, 0.3) is 17.1 Å². The lowest BCUT2D eigenvalue weighted by molar-refractivity contribution is -0.120. The van der Waals surface area contributed by atoms with Crippen LogP contribution in [0.3, 0.4) is 0 Å². The topological polar surface area (TPSA) is 72.7 Å². The number of hydrogen-bond donors (Lipinski definition) is 1. The van der Waals surface area contributed by atoms with Gasteiger partial charge in [0.15, 0.2) is 11.0 Å². The van der Waals surface area contributed by atoms with E-state index in [-0.39, 0.29) is 11.9 Å². The standard InChI is InChI=1S/C25H23N5OS/c1-17-8-5-6-12-21(17)30-23(19-11-7-15-26-16-19)28-29-25(30)32-22(18-9-3-2-4-10-18)24(31)27-20-13-14-20/h2-12,15-16,20,22H,13-14H2,1H3,(H,27,31)/t22-/m0/s1. The van der Waals surface area contributed by atoms with E-state index in [2.05, 4.69) is 33.5 Å². The first kappa shape index (κ1) is 20.5. The quantitative estimate of drug-likeness (QED) is 0.419. The molecule has 6 nitrogen and oxygen atoms in total. The number of benzene rings is 2. The SMILES string of the molecule is Cc1ccccc1-n1c(S[C@H](C(=O)NC2CC2)c2ccccc2)nnc1-c1cccnc1. The number of amides is 1. The number of thioether (sulfide) groups is 1. The molecule has 4 aromatic rings. The first-order valence-corrected chi connectivity index (χ1v) is 11.5. The van der Waals surface area contributed by atoms with Gasteiger partial charge in [-0.2, -0.15) is 0 Å². The number of nitrogens with one attached hydrogen (secondary N) is 1. The van der Waals surface area contributed by atoms with Gasteiger partial charge in [0.2, 0.25) is 5.91 Å². The summed E-state index contributed by atoms with van der Waals surface area (Å²) in [7, 11) is 0. The average molecular weight is 442 g/mol. The number of nitrogens with zero attached hydrogens (tertiary/aromatic N) is 4. The summed E-state index contributed by atoms with van der Waals surface area (Å²) in [6, 6.07) is 22.1. The minimum atomic E-state index is -0.425. The Morgan fingerprint density at radius 2 is 1.81 bits per heavy atom. The molecule has 1 saturated carbocycles. The Morgan fingerprint density at radius 1 is 1.03 bits per heavy atom. The first-order chi connectivity index (χ1) is 15.7. The van der Waals surface area contributed by atoms with Crippen molar-refractivity contribution < 1.29 is 4.79 Å². The van der Waals surface area contributed by atoms with Crippen molar-refractivity contribution in [2.24, 2.45) is 0 Å². The normalized spacial score (nSPS) is 14.2. The molecule has 0 spiro atoms. The number of aryl methyl sites for hydroxylation is 1. The largest absolute Gasteiger partial charge is 0.352 e. The van der Waals surface area contributed by atoms with E-state index in [0.717, 1.165) is 35.2 Å². The number of pyridine rings is 1. The number of rotatable bonds is 7.